The van der Waals surface area contributed by atoms with Crippen molar-refractivity contribution in [1.82, 2.24) is 14.8 Å². The van der Waals surface area contributed by atoms with Gasteiger partial charge in [0.1, 0.15) is 18.2 Å². The number of sulfone groups is 1. The van der Waals surface area contributed by atoms with Crippen molar-refractivity contribution < 1.29 is 17.9 Å². The monoisotopic (exact) mass is 457 g/mol. The molecule has 0 bridgehead atoms. The molecule has 0 aliphatic carbocycles. The van der Waals surface area contributed by atoms with Crippen LogP contribution in [0.4, 0.5) is 0 Å². The molecule has 0 N–H and O–H groups in total. The Morgan fingerprint density at radius 1 is 1.13 bits per heavy atom. The first kappa shape index (κ1) is 22.8. The first-order valence-corrected chi connectivity index (χ1v) is 12.2. The topological polar surface area (TPSA) is 91.1 Å². The average Bonchev–Trinajstić information content (AvgIpc) is 3.12. The summed E-state index contributed by atoms with van der Waals surface area (Å²) in [5.41, 5.74) is 1.88. The number of hydrogen-bond donors (Lipinski definition) is 0. The number of carbonyl (C=O) groups is 1. The molecule has 0 fully saturated rings. The van der Waals surface area contributed by atoms with Gasteiger partial charge in [0.2, 0.25) is 0 Å². The van der Waals surface area contributed by atoms with Crippen LogP contribution in [0.2, 0.25) is 0 Å². The van der Waals surface area contributed by atoms with Gasteiger partial charge in [-0.3, -0.25) is 4.79 Å². The maximum absolute atomic E-state index is 12.8. The summed E-state index contributed by atoms with van der Waals surface area (Å²) in [6.07, 6.45) is 1.63. The third kappa shape index (κ3) is 6.28. The van der Waals surface area contributed by atoms with Gasteiger partial charge in [-0.15, -0.1) is 16.8 Å². The maximum atomic E-state index is 12.8. The lowest BCUT2D eigenvalue weighted by atomic mass is 10.2. The third-order valence-corrected chi connectivity index (χ3v) is 6.94. The number of nitrogens with zero attached hydrogens (tertiary/aromatic N) is 3. The lowest BCUT2D eigenvalue weighted by Crippen LogP contribution is -2.12. The third-order valence-electron chi connectivity index (χ3n) is 4.37. The zero-order chi connectivity index (χ0) is 22.3. The van der Waals surface area contributed by atoms with Crippen molar-refractivity contribution in [2.75, 3.05) is 5.75 Å². The van der Waals surface area contributed by atoms with E-state index in [2.05, 4.69) is 16.8 Å². The fourth-order valence-corrected chi connectivity index (χ4v) is 4.78. The highest BCUT2D eigenvalue weighted by Crippen LogP contribution is 2.21. The maximum Gasteiger partial charge on any atom is 0.316 e. The lowest BCUT2D eigenvalue weighted by Gasteiger charge is -2.09. The van der Waals surface area contributed by atoms with Gasteiger partial charge in [0.25, 0.3) is 0 Å². The number of thioether (sulfide) groups is 1. The molecule has 1 aromatic heterocycles. The number of ether oxygens (including phenoxy) is 1. The van der Waals surface area contributed by atoms with Crippen molar-refractivity contribution in [3.05, 3.63) is 84.2 Å². The summed E-state index contributed by atoms with van der Waals surface area (Å²) >= 11 is 1.15. The van der Waals surface area contributed by atoms with Gasteiger partial charge in [0.15, 0.2) is 15.0 Å². The van der Waals surface area contributed by atoms with E-state index in [0.717, 1.165) is 22.9 Å². The van der Waals surface area contributed by atoms with E-state index in [-0.39, 0.29) is 23.0 Å². The number of aromatic nitrogens is 3. The highest BCUT2D eigenvalue weighted by Gasteiger charge is 2.22. The van der Waals surface area contributed by atoms with Gasteiger partial charge in [-0.05, 0) is 24.6 Å². The fourth-order valence-electron chi connectivity index (χ4n) is 2.75. The summed E-state index contributed by atoms with van der Waals surface area (Å²) in [6.45, 7) is 6.13. The van der Waals surface area contributed by atoms with Crippen LogP contribution in [0, 0.1) is 6.92 Å². The van der Waals surface area contributed by atoms with Crippen LogP contribution in [0.15, 0.2) is 77.3 Å². The Morgan fingerprint density at radius 2 is 1.84 bits per heavy atom. The van der Waals surface area contributed by atoms with Crippen LogP contribution in [0.3, 0.4) is 0 Å². The van der Waals surface area contributed by atoms with Gasteiger partial charge in [0.05, 0.1) is 10.6 Å². The standard InChI is InChI=1S/C22H23N3O4S2/c1-3-13-25-20(16-31(27,28)19-11-9-17(2)10-12-19)23-24-22(25)30-15-21(26)29-14-18-7-5-4-6-8-18/h3-12H,1,13-16H2,2H3. The summed E-state index contributed by atoms with van der Waals surface area (Å²) < 4.78 is 32.5. The van der Waals surface area contributed by atoms with E-state index in [1.54, 1.807) is 34.9 Å². The van der Waals surface area contributed by atoms with Gasteiger partial charge in [-0.1, -0.05) is 65.9 Å². The lowest BCUT2D eigenvalue weighted by molar-refractivity contribution is -0.141. The largest absolute Gasteiger partial charge is 0.460 e. The molecule has 9 heteroatoms. The Hall–Kier alpha value is -2.91. The second-order valence-corrected chi connectivity index (χ2v) is 9.74. The molecule has 31 heavy (non-hydrogen) atoms. The van der Waals surface area contributed by atoms with Gasteiger partial charge in [-0.25, -0.2) is 8.42 Å². The number of hydrogen-bond acceptors (Lipinski definition) is 7. The Bertz CT molecular complexity index is 1140. The van der Waals surface area contributed by atoms with E-state index < -0.39 is 15.8 Å². The predicted octanol–water partition coefficient (Wildman–Crippen LogP) is 3.58. The van der Waals surface area contributed by atoms with Gasteiger partial charge in [-0.2, -0.15) is 0 Å². The number of allylic oxidation sites excluding steroid dienone is 1. The highest BCUT2D eigenvalue weighted by molar-refractivity contribution is 7.99. The van der Waals surface area contributed by atoms with Crippen molar-refractivity contribution in [2.45, 2.75) is 35.9 Å². The molecular weight excluding hydrogens is 434 g/mol. The zero-order valence-electron chi connectivity index (χ0n) is 17.1. The highest BCUT2D eigenvalue weighted by atomic mass is 32.2. The summed E-state index contributed by atoms with van der Waals surface area (Å²) in [4.78, 5) is 12.3. The number of rotatable bonds is 10. The first-order valence-electron chi connectivity index (χ1n) is 9.54. The van der Waals surface area contributed by atoms with Crippen LogP contribution in [0.25, 0.3) is 0 Å². The molecule has 0 spiro atoms. The number of aryl methyl sites for hydroxylation is 1. The summed E-state index contributed by atoms with van der Waals surface area (Å²) in [6, 6.07) is 16.1. The molecule has 0 unspecified atom stereocenters. The number of esters is 1. The van der Waals surface area contributed by atoms with Gasteiger partial charge >= 0.3 is 5.97 Å². The molecule has 0 amide bonds. The van der Waals surface area contributed by atoms with E-state index in [4.69, 9.17) is 4.74 Å². The predicted molar refractivity (Wildman–Crippen MR) is 119 cm³/mol. The molecule has 0 saturated heterocycles. The smallest absolute Gasteiger partial charge is 0.316 e. The van der Waals surface area contributed by atoms with E-state index >= 15 is 0 Å². The van der Waals surface area contributed by atoms with Crippen LogP contribution in [-0.2, 0) is 38.3 Å². The summed E-state index contributed by atoms with van der Waals surface area (Å²) in [5.74, 6) is -0.362. The van der Waals surface area contributed by atoms with E-state index in [0.29, 0.717) is 17.5 Å². The summed E-state index contributed by atoms with van der Waals surface area (Å²) in [5, 5.41) is 8.56. The van der Waals surface area contributed by atoms with Crippen molar-refractivity contribution in [3.8, 4) is 0 Å². The average molecular weight is 458 g/mol. The molecule has 2 aromatic carbocycles. The Labute approximate surface area is 186 Å². The molecule has 0 atom stereocenters. The molecule has 0 aliphatic rings. The van der Waals surface area contributed by atoms with Crippen LogP contribution >= 0.6 is 11.8 Å². The van der Waals surface area contributed by atoms with Crippen molar-refractivity contribution in [3.63, 3.8) is 0 Å². The molecule has 7 nitrogen and oxygen atoms in total. The fraction of sp³-hybridized carbons (Fsp3) is 0.227. The number of carbonyl (C=O) groups excluding carboxylic acids is 1. The Balaban J connectivity index is 1.66. The minimum atomic E-state index is -3.59. The molecule has 0 aliphatic heterocycles. The molecular formula is C22H23N3O4S2. The van der Waals surface area contributed by atoms with Crippen molar-refractivity contribution in [2.24, 2.45) is 0 Å². The zero-order valence-corrected chi connectivity index (χ0v) is 18.7. The molecule has 0 radical (unpaired) electrons. The van der Waals surface area contributed by atoms with Crippen LogP contribution < -0.4 is 0 Å². The minimum Gasteiger partial charge on any atom is -0.460 e. The summed E-state index contributed by atoms with van der Waals surface area (Å²) in [7, 11) is -3.59. The minimum absolute atomic E-state index is 0.0345. The van der Waals surface area contributed by atoms with Gasteiger partial charge < -0.3 is 9.30 Å². The molecule has 3 rings (SSSR count). The van der Waals surface area contributed by atoms with E-state index in [1.807, 2.05) is 37.3 Å². The number of benzene rings is 2. The second-order valence-electron chi connectivity index (χ2n) is 6.81. The second kappa shape index (κ2) is 10.4. The molecule has 1 heterocycles. The van der Waals surface area contributed by atoms with Crippen LogP contribution in [-0.4, -0.2) is 34.9 Å². The van der Waals surface area contributed by atoms with E-state index in [9.17, 15) is 13.2 Å². The SMILES string of the molecule is C=CCn1c(CS(=O)(=O)c2ccc(C)cc2)nnc1SCC(=O)OCc1ccccc1. The van der Waals surface area contributed by atoms with Crippen LogP contribution in [0.1, 0.15) is 17.0 Å². The van der Waals surface area contributed by atoms with Gasteiger partial charge in [0, 0.05) is 6.54 Å². The van der Waals surface area contributed by atoms with E-state index in [1.165, 1.54) is 0 Å². The van der Waals surface area contributed by atoms with Crippen molar-refractivity contribution >= 4 is 27.6 Å². The normalized spacial score (nSPS) is 11.3. The Kier molecular flexibility index (Phi) is 7.64. The van der Waals surface area contributed by atoms with Crippen molar-refractivity contribution in [1.29, 1.82) is 0 Å². The first-order chi connectivity index (χ1) is 14.9. The molecule has 162 valence electrons. The van der Waals surface area contributed by atoms with Crippen LogP contribution in [0.5, 0.6) is 0 Å². The Morgan fingerprint density at radius 3 is 2.52 bits per heavy atom. The molecule has 0 saturated carbocycles. The molecule has 3 aromatic rings. The quantitative estimate of drug-likeness (QED) is 0.261.